The van der Waals surface area contributed by atoms with E-state index in [0.29, 0.717) is 6.54 Å². The van der Waals surface area contributed by atoms with Crippen LogP contribution in [-0.4, -0.2) is 68.6 Å². The third-order valence-corrected chi connectivity index (χ3v) is 6.63. The van der Waals surface area contributed by atoms with E-state index in [-0.39, 0.29) is 17.4 Å². The van der Waals surface area contributed by atoms with Gasteiger partial charge in [0, 0.05) is 25.7 Å². The molecule has 0 saturated carbocycles. The predicted molar refractivity (Wildman–Crippen MR) is 118 cm³/mol. The molecule has 0 aliphatic carbocycles. The highest BCUT2D eigenvalue weighted by atomic mass is 16.5. The van der Waals surface area contributed by atoms with E-state index in [9.17, 15) is 4.79 Å². The first-order valence-electron chi connectivity index (χ1n) is 10.9. The Morgan fingerprint density at radius 3 is 2.83 bits per heavy atom. The summed E-state index contributed by atoms with van der Waals surface area (Å²) in [7, 11) is 3.87. The van der Waals surface area contributed by atoms with E-state index >= 15 is 0 Å². The van der Waals surface area contributed by atoms with Crippen LogP contribution in [0.2, 0.25) is 0 Å². The number of likely N-dealkylation sites (N-methyl/N-ethyl adjacent to an activating group) is 1. The Bertz CT molecular complexity index is 729. The highest BCUT2D eigenvalue weighted by molar-refractivity contribution is 5.84. The third-order valence-electron chi connectivity index (χ3n) is 6.63. The number of nitrogens with one attached hydrogen (secondary N) is 1. The van der Waals surface area contributed by atoms with Crippen LogP contribution in [-0.2, 0) is 11.2 Å². The van der Waals surface area contributed by atoms with Gasteiger partial charge in [0.15, 0.2) is 0 Å². The molecule has 1 N–H and O–H groups in total. The Morgan fingerprint density at radius 2 is 2.07 bits per heavy atom. The molecule has 0 unspecified atom stereocenters. The van der Waals surface area contributed by atoms with Crippen molar-refractivity contribution in [2.24, 2.45) is 5.41 Å². The Labute approximate surface area is 176 Å². The molecule has 3 rings (SSSR count). The molecule has 2 aliphatic heterocycles. The first-order chi connectivity index (χ1) is 14.0. The van der Waals surface area contributed by atoms with E-state index in [1.807, 2.05) is 18.2 Å². The topological polar surface area (TPSA) is 44.8 Å². The largest absolute Gasteiger partial charge is 0.496 e. The SMILES string of the molecule is COc1ccccc1CCNC(=O)[C@@]12CCCN(CC=C(C)C)[C@H]1CN(C)CC2. The molecule has 2 fully saturated rings. The molecule has 1 aromatic rings. The molecule has 29 heavy (non-hydrogen) atoms. The average molecular weight is 400 g/mol. The first kappa shape index (κ1) is 21.8. The van der Waals surface area contributed by atoms with Crippen LogP contribution < -0.4 is 10.1 Å². The minimum atomic E-state index is -0.263. The lowest BCUT2D eigenvalue weighted by Gasteiger charge is -2.53. The van der Waals surface area contributed by atoms with Gasteiger partial charge in [-0.1, -0.05) is 29.8 Å². The number of carbonyl (C=O) groups is 1. The van der Waals surface area contributed by atoms with Crippen LogP contribution in [0.1, 0.15) is 38.7 Å². The molecule has 5 nitrogen and oxygen atoms in total. The number of rotatable bonds is 7. The zero-order valence-electron chi connectivity index (χ0n) is 18.5. The molecule has 160 valence electrons. The maximum Gasteiger partial charge on any atom is 0.227 e. The van der Waals surface area contributed by atoms with Gasteiger partial charge in [0.05, 0.1) is 12.5 Å². The van der Waals surface area contributed by atoms with Crippen LogP contribution in [0.4, 0.5) is 0 Å². The maximum absolute atomic E-state index is 13.5. The number of ether oxygens (including phenoxy) is 1. The number of piperidine rings is 2. The fraction of sp³-hybridized carbons (Fsp3) is 0.625. The molecule has 0 aromatic heterocycles. The summed E-state index contributed by atoms with van der Waals surface area (Å²) in [4.78, 5) is 18.4. The molecule has 2 saturated heterocycles. The number of para-hydroxylation sites is 1. The lowest BCUT2D eigenvalue weighted by atomic mass is 9.67. The number of likely N-dealkylation sites (tertiary alicyclic amines) is 2. The summed E-state index contributed by atoms with van der Waals surface area (Å²) in [5.74, 6) is 1.13. The number of hydrogen-bond donors (Lipinski definition) is 1. The molecule has 2 heterocycles. The van der Waals surface area contributed by atoms with Gasteiger partial charge in [0.1, 0.15) is 5.75 Å². The van der Waals surface area contributed by atoms with Gasteiger partial charge in [-0.05, 0) is 71.3 Å². The molecule has 0 radical (unpaired) electrons. The summed E-state index contributed by atoms with van der Waals surface area (Å²) in [5.41, 5.74) is 2.22. The monoisotopic (exact) mass is 399 g/mol. The van der Waals surface area contributed by atoms with Gasteiger partial charge in [-0.2, -0.15) is 0 Å². The van der Waals surface area contributed by atoms with Gasteiger partial charge in [-0.15, -0.1) is 0 Å². The normalized spacial score (nSPS) is 25.2. The molecule has 2 aliphatic rings. The first-order valence-corrected chi connectivity index (χ1v) is 10.9. The predicted octanol–water partition coefficient (Wildman–Crippen LogP) is 3.11. The number of benzene rings is 1. The van der Waals surface area contributed by atoms with Gasteiger partial charge < -0.3 is 15.0 Å². The van der Waals surface area contributed by atoms with E-state index in [0.717, 1.165) is 63.2 Å². The lowest BCUT2D eigenvalue weighted by molar-refractivity contribution is -0.144. The van der Waals surface area contributed by atoms with Crippen molar-refractivity contribution in [3.63, 3.8) is 0 Å². The van der Waals surface area contributed by atoms with Crippen molar-refractivity contribution in [1.29, 1.82) is 0 Å². The Morgan fingerprint density at radius 1 is 1.28 bits per heavy atom. The van der Waals surface area contributed by atoms with Crippen molar-refractivity contribution in [1.82, 2.24) is 15.1 Å². The second kappa shape index (κ2) is 9.77. The van der Waals surface area contributed by atoms with Gasteiger partial charge in [0.2, 0.25) is 5.91 Å². The summed E-state index contributed by atoms with van der Waals surface area (Å²) in [6.07, 6.45) is 6.12. The van der Waals surface area contributed by atoms with Crippen LogP contribution in [0.5, 0.6) is 5.75 Å². The maximum atomic E-state index is 13.5. The van der Waals surface area contributed by atoms with Crippen molar-refractivity contribution in [3.05, 3.63) is 41.5 Å². The summed E-state index contributed by atoms with van der Waals surface area (Å²) < 4.78 is 5.45. The number of nitrogens with zero attached hydrogens (tertiary/aromatic N) is 2. The molecule has 0 spiro atoms. The molecule has 2 atom stereocenters. The molecule has 1 aromatic carbocycles. The van der Waals surface area contributed by atoms with Crippen molar-refractivity contribution in [2.45, 2.75) is 45.6 Å². The number of hydrogen-bond acceptors (Lipinski definition) is 4. The minimum absolute atomic E-state index is 0.243. The van der Waals surface area contributed by atoms with Gasteiger partial charge in [-0.3, -0.25) is 9.69 Å². The highest BCUT2D eigenvalue weighted by Crippen LogP contribution is 2.42. The Kier molecular flexibility index (Phi) is 7.36. The fourth-order valence-corrected chi connectivity index (χ4v) is 4.92. The number of allylic oxidation sites excluding steroid dienone is 1. The second-order valence-corrected chi connectivity index (χ2v) is 8.88. The summed E-state index contributed by atoms with van der Waals surface area (Å²) in [6.45, 7) is 8.93. The van der Waals surface area contributed by atoms with Crippen molar-refractivity contribution < 1.29 is 9.53 Å². The number of amides is 1. The zero-order valence-corrected chi connectivity index (χ0v) is 18.5. The van der Waals surface area contributed by atoms with Crippen molar-refractivity contribution >= 4 is 5.91 Å². The van der Waals surface area contributed by atoms with Crippen molar-refractivity contribution in [2.75, 3.05) is 46.9 Å². The van der Waals surface area contributed by atoms with Crippen LogP contribution >= 0.6 is 0 Å². The van der Waals surface area contributed by atoms with Crippen LogP contribution in [0.25, 0.3) is 0 Å². The third kappa shape index (κ3) is 5.01. The van der Waals surface area contributed by atoms with Gasteiger partial charge >= 0.3 is 0 Å². The smallest absolute Gasteiger partial charge is 0.227 e. The zero-order chi connectivity index (χ0) is 20.9. The van der Waals surface area contributed by atoms with Gasteiger partial charge in [-0.25, -0.2) is 0 Å². The van der Waals surface area contributed by atoms with E-state index in [1.165, 1.54) is 5.57 Å². The number of methoxy groups -OCH3 is 1. The molecule has 0 bridgehead atoms. The summed E-state index contributed by atoms with van der Waals surface area (Å²) in [6, 6.07) is 8.34. The van der Waals surface area contributed by atoms with Gasteiger partial charge in [0.25, 0.3) is 0 Å². The summed E-state index contributed by atoms with van der Waals surface area (Å²) >= 11 is 0. The van der Waals surface area contributed by atoms with E-state index in [2.05, 4.69) is 48.2 Å². The quantitative estimate of drug-likeness (QED) is 0.716. The molecular weight excluding hydrogens is 362 g/mol. The lowest BCUT2D eigenvalue weighted by Crippen LogP contribution is -2.65. The van der Waals surface area contributed by atoms with E-state index < -0.39 is 0 Å². The van der Waals surface area contributed by atoms with E-state index in [1.54, 1.807) is 7.11 Å². The summed E-state index contributed by atoms with van der Waals surface area (Å²) in [5, 5.41) is 3.29. The van der Waals surface area contributed by atoms with Crippen LogP contribution in [0, 0.1) is 5.41 Å². The van der Waals surface area contributed by atoms with Crippen molar-refractivity contribution in [3.8, 4) is 5.75 Å². The molecular formula is C24H37N3O2. The molecule has 1 amide bonds. The van der Waals surface area contributed by atoms with Crippen LogP contribution in [0.15, 0.2) is 35.9 Å². The fourth-order valence-electron chi connectivity index (χ4n) is 4.92. The Hall–Kier alpha value is -1.85. The number of carbonyl (C=O) groups excluding carboxylic acids is 1. The van der Waals surface area contributed by atoms with Crippen LogP contribution in [0.3, 0.4) is 0 Å². The second-order valence-electron chi connectivity index (χ2n) is 8.88. The minimum Gasteiger partial charge on any atom is -0.496 e. The number of fused-ring (bicyclic) bond motifs is 1. The molecule has 5 heteroatoms. The van der Waals surface area contributed by atoms with E-state index in [4.69, 9.17) is 4.74 Å². The average Bonchev–Trinajstić information content (AvgIpc) is 2.72. The highest BCUT2D eigenvalue weighted by Gasteiger charge is 2.51. The standard InChI is InChI=1S/C24H37N3O2/c1-19(2)11-16-27-15-7-12-24(13-17-26(3)18-22(24)27)23(28)25-14-10-20-8-5-6-9-21(20)29-4/h5-6,8-9,11,22H,7,10,12-18H2,1-4H3,(H,25,28)/t22-,24+/m0/s1. The Balaban J connectivity index is 1.69.